The number of nitrogens with zero attached hydrogens (tertiary/aromatic N) is 1. The van der Waals surface area contributed by atoms with Crippen molar-refractivity contribution in [3.63, 3.8) is 0 Å². The number of carbonyl (C=O) groups is 2. The normalized spacial score (nSPS) is 24.8. The van der Waals surface area contributed by atoms with Crippen molar-refractivity contribution >= 4 is 17.6 Å². The summed E-state index contributed by atoms with van der Waals surface area (Å²) in [5.41, 5.74) is 0.581. The molecular weight excluding hydrogens is 348 g/mol. The molecule has 1 heterocycles. The maximum atomic E-state index is 12.7. The van der Waals surface area contributed by atoms with Gasteiger partial charge in [-0.1, -0.05) is 12.8 Å². The second kappa shape index (κ2) is 8.61. The van der Waals surface area contributed by atoms with Crippen LogP contribution in [0, 0.1) is 5.92 Å². The predicted molar refractivity (Wildman–Crippen MR) is 101 cm³/mol. The van der Waals surface area contributed by atoms with Crippen molar-refractivity contribution in [2.75, 3.05) is 33.2 Å². The second-order valence-corrected chi connectivity index (χ2v) is 7.17. The van der Waals surface area contributed by atoms with Gasteiger partial charge in [0.1, 0.15) is 17.5 Å². The summed E-state index contributed by atoms with van der Waals surface area (Å²) < 4.78 is 15.5. The quantitative estimate of drug-likeness (QED) is 0.769. The Morgan fingerprint density at radius 2 is 1.93 bits per heavy atom. The number of amides is 1. The van der Waals surface area contributed by atoms with E-state index in [1.165, 1.54) is 13.5 Å². The molecule has 1 amide bonds. The van der Waals surface area contributed by atoms with Crippen LogP contribution < -0.4 is 14.8 Å². The second-order valence-electron chi connectivity index (χ2n) is 7.17. The summed E-state index contributed by atoms with van der Waals surface area (Å²) in [6.07, 6.45) is 5.24. The minimum absolute atomic E-state index is 0.163. The third-order valence-corrected chi connectivity index (χ3v) is 5.70. The molecule has 7 nitrogen and oxygen atoms in total. The summed E-state index contributed by atoms with van der Waals surface area (Å²) >= 11 is 0. The van der Waals surface area contributed by atoms with E-state index < -0.39 is 0 Å². The molecule has 1 aromatic carbocycles. The molecule has 0 unspecified atom stereocenters. The van der Waals surface area contributed by atoms with Crippen molar-refractivity contribution in [1.29, 1.82) is 0 Å². The number of benzene rings is 1. The number of hydrogen-bond donors (Lipinski definition) is 1. The summed E-state index contributed by atoms with van der Waals surface area (Å²) in [6, 6.07) is 5.17. The van der Waals surface area contributed by atoms with E-state index in [1.54, 1.807) is 32.4 Å². The van der Waals surface area contributed by atoms with E-state index >= 15 is 0 Å². The monoisotopic (exact) mass is 376 g/mol. The molecule has 1 aliphatic heterocycles. The predicted octanol–water partition coefficient (Wildman–Crippen LogP) is 2.45. The average molecular weight is 376 g/mol. The van der Waals surface area contributed by atoms with Gasteiger partial charge < -0.3 is 19.5 Å². The number of fused-ring (bicyclic) bond motifs is 1. The lowest BCUT2D eigenvalue weighted by molar-refractivity contribution is -0.146. The highest BCUT2D eigenvalue weighted by molar-refractivity contribution is 5.94. The molecule has 7 heteroatoms. The van der Waals surface area contributed by atoms with E-state index in [0.717, 1.165) is 25.7 Å². The van der Waals surface area contributed by atoms with Crippen LogP contribution in [0.4, 0.5) is 5.69 Å². The molecular formula is C20H28N2O5. The minimum atomic E-state index is -0.341. The first-order valence-corrected chi connectivity index (χ1v) is 9.42. The van der Waals surface area contributed by atoms with E-state index in [1.807, 2.05) is 4.90 Å². The van der Waals surface area contributed by atoms with Gasteiger partial charge in [-0.15, -0.1) is 0 Å². The molecule has 148 valence electrons. The van der Waals surface area contributed by atoms with Gasteiger partial charge in [-0.05, 0) is 37.3 Å². The van der Waals surface area contributed by atoms with Gasteiger partial charge >= 0.3 is 5.97 Å². The molecule has 27 heavy (non-hydrogen) atoms. The van der Waals surface area contributed by atoms with Gasteiger partial charge in [0.25, 0.3) is 0 Å². The Balaban J connectivity index is 1.72. The average Bonchev–Trinajstić information content (AvgIpc) is 3.06. The lowest BCUT2D eigenvalue weighted by atomic mass is 9.85. The molecule has 2 aliphatic rings. The highest BCUT2D eigenvalue weighted by Gasteiger charge is 2.46. The Morgan fingerprint density at radius 3 is 2.63 bits per heavy atom. The first-order chi connectivity index (χ1) is 13.1. The molecule has 2 fully saturated rings. The SMILES string of the molecule is COC(=O)[C@@H]1C[C@H]2CCCC[C@H]2N1CC(=O)Nc1ccc(OC)cc1OC. The molecule has 1 N–H and O–H groups in total. The molecule has 0 bridgehead atoms. The topological polar surface area (TPSA) is 77.1 Å². The summed E-state index contributed by atoms with van der Waals surface area (Å²) in [4.78, 5) is 27.0. The summed E-state index contributed by atoms with van der Waals surface area (Å²) in [5.74, 6) is 1.23. The standard InChI is InChI=1S/C20H28N2O5/c1-25-14-8-9-15(18(11-14)26-2)21-19(23)12-22-16-7-5-4-6-13(16)10-17(22)20(24)27-3/h8-9,11,13,16-17H,4-7,10,12H2,1-3H3,(H,21,23)/t13-,16-,17+/m1/s1. The number of rotatable bonds is 6. The van der Waals surface area contributed by atoms with Gasteiger partial charge in [-0.25, -0.2) is 0 Å². The maximum absolute atomic E-state index is 12.7. The van der Waals surface area contributed by atoms with Crippen molar-refractivity contribution < 1.29 is 23.8 Å². The van der Waals surface area contributed by atoms with Crippen molar-refractivity contribution in [3.05, 3.63) is 18.2 Å². The van der Waals surface area contributed by atoms with Crippen molar-refractivity contribution in [3.8, 4) is 11.5 Å². The van der Waals surface area contributed by atoms with Gasteiger partial charge in [-0.2, -0.15) is 0 Å². The van der Waals surface area contributed by atoms with Gasteiger partial charge in [0.05, 0.1) is 33.6 Å². The van der Waals surface area contributed by atoms with Gasteiger partial charge in [-0.3, -0.25) is 14.5 Å². The van der Waals surface area contributed by atoms with Crippen molar-refractivity contribution in [2.24, 2.45) is 5.92 Å². The molecule has 1 saturated carbocycles. The molecule has 1 aliphatic carbocycles. The summed E-state index contributed by atoms with van der Waals surface area (Å²) in [6.45, 7) is 0.163. The Morgan fingerprint density at radius 1 is 1.15 bits per heavy atom. The van der Waals surface area contributed by atoms with E-state index in [0.29, 0.717) is 23.1 Å². The van der Waals surface area contributed by atoms with Crippen molar-refractivity contribution in [2.45, 2.75) is 44.2 Å². The van der Waals surface area contributed by atoms with Crippen LogP contribution >= 0.6 is 0 Å². The van der Waals surface area contributed by atoms with E-state index in [4.69, 9.17) is 14.2 Å². The van der Waals surface area contributed by atoms with Crippen LogP contribution in [0.15, 0.2) is 18.2 Å². The molecule has 0 spiro atoms. The Kier molecular flexibility index (Phi) is 6.21. The number of ether oxygens (including phenoxy) is 3. The molecule has 0 radical (unpaired) electrons. The Hall–Kier alpha value is -2.28. The lowest BCUT2D eigenvalue weighted by Gasteiger charge is -2.32. The van der Waals surface area contributed by atoms with Gasteiger partial charge in [0.15, 0.2) is 0 Å². The van der Waals surface area contributed by atoms with E-state index in [2.05, 4.69) is 5.32 Å². The molecule has 1 saturated heterocycles. The fraction of sp³-hybridized carbons (Fsp3) is 0.600. The van der Waals surface area contributed by atoms with Crippen LogP contribution in [-0.4, -0.2) is 56.7 Å². The third-order valence-electron chi connectivity index (χ3n) is 5.70. The summed E-state index contributed by atoms with van der Waals surface area (Å²) in [7, 11) is 4.53. The van der Waals surface area contributed by atoms with E-state index in [-0.39, 0.29) is 30.5 Å². The number of carbonyl (C=O) groups excluding carboxylic acids is 2. The van der Waals surface area contributed by atoms with E-state index in [9.17, 15) is 9.59 Å². The van der Waals surface area contributed by atoms with Crippen molar-refractivity contribution in [1.82, 2.24) is 4.90 Å². The van der Waals surface area contributed by atoms with Crippen LogP contribution in [0.25, 0.3) is 0 Å². The van der Waals surface area contributed by atoms with Crippen LogP contribution in [0.1, 0.15) is 32.1 Å². The number of hydrogen-bond acceptors (Lipinski definition) is 6. The number of esters is 1. The number of methoxy groups -OCH3 is 3. The maximum Gasteiger partial charge on any atom is 0.323 e. The number of likely N-dealkylation sites (tertiary alicyclic amines) is 1. The minimum Gasteiger partial charge on any atom is -0.497 e. The fourth-order valence-electron chi connectivity index (χ4n) is 4.41. The molecule has 0 aromatic heterocycles. The fourth-order valence-corrected chi connectivity index (χ4v) is 4.41. The Bertz CT molecular complexity index is 693. The first-order valence-electron chi connectivity index (χ1n) is 9.42. The number of nitrogens with one attached hydrogen (secondary N) is 1. The van der Waals surface area contributed by atoms with Gasteiger partial charge in [0, 0.05) is 12.1 Å². The van der Waals surface area contributed by atoms with Crippen LogP contribution in [-0.2, 0) is 14.3 Å². The number of anilines is 1. The molecule has 3 atom stereocenters. The lowest BCUT2D eigenvalue weighted by Crippen LogP contribution is -2.46. The zero-order valence-corrected chi connectivity index (χ0v) is 16.2. The smallest absolute Gasteiger partial charge is 0.323 e. The molecule has 1 aromatic rings. The zero-order chi connectivity index (χ0) is 19.4. The highest BCUT2D eigenvalue weighted by atomic mass is 16.5. The third kappa shape index (κ3) is 4.18. The van der Waals surface area contributed by atoms with Crippen LogP contribution in [0.2, 0.25) is 0 Å². The Labute approximate surface area is 160 Å². The first kappa shape index (κ1) is 19.5. The zero-order valence-electron chi connectivity index (χ0n) is 16.2. The van der Waals surface area contributed by atoms with Gasteiger partial charge in [0.2, 0.25) is 5.91 Å². The summed E-state index contributed by atoms with van der Waals surface area (Å²) in [5, 5.41) is 2.90. The highest BCUT2D eigenvalue weighted by Crippen LogP contribution is 2.40. The molecule has 3 rings (SSSR count). The van der Waals surface area contributed by atoms with Crippen LogP contribution in [0.5, 0.6) is 11.5 Å². The largest absolute Gasteiger partial charge is 0.497 e. The van der Waals surface area contributed by atoms with Crippen LogP contribution in [0.3, 0.4) is 0 Å².